The van der Waals surface area contributed by atoms with E-state index in [0.29, 0.717) is 0 Å². The van der Waals surface area contributed by atoms with Crippen LogP contribution in [0.5, 0.6) is 5.75 Å². The minimum atomic E-state index is -4.30. The van der Waals surface area contributed by atoms with Crippen molar-refractivity contribution >= 4 is 0 Å². The maximum Gasteiger partial charge on any atom is 0.392 e. The fraction of sp³-hybridized carbons (Fsp3) is 0.571. The van der Waals surface area contributed by atoms with Crippen molar-refractivity contribution in [3.63, 3.8) is 0 Å². The van der Waals surface area contributed by atoms with Crippen molar-refractivity contribution in [2.45, 2.75) is 38.9 Å². The molecular weight excluding hydrogens is 274 g/mol. The number of hydrogen-bond donors (Lipinski definition) is 1. The van der Waals surface area contributed by atoms with E-state index in [1.165, 1.54) is 12.1 Å². The highest BCUT2D eigenvalue weighted by molar-refractivity contribution is 5.30. The van der Waals surface area contributed by atoms with Gasteiger partial charge in [-0.2, -0.15) is 13.2 Å². The number of rotatable bonds is 7. The van der Waals surface area contributed by atoms with Crippen LogP contribution in [0.2, 0.25) is 0 Å². The molecule has 0 aliphatic rings. The van der Waals surface area contributed by atoms with E-state index in [-0.39, 0.29) is 11.8 Å². The summed E-state index contributed by atoms with van der Waals surface area (Å²) < 4.78 is 54.4. The predicted molar refractivity (Wildman–Crippen MR) is 69.3 cm³/mol. The highest BCUT2D eigenvalue weighted by Gasteiger charge is 2.27. The lowest BCUT2D eigenvalue weighted by Crippen LogP contribution is -2.19. The summed E-state index contributed by atoms with van der Waals surface area (Å²) in [4.78, 5) is 0. The maximum absolute atomic E-state index is 13.7. The summed E-state index contributed by atoms with van der Waals surface area (Å²) in [6, 6.07) is 4.29. The van der Waals surface area contributed by atoms with Crippen molar-refractivity contribution in [1.29, 1.82) is 0 Å². The molecule has 0 heterocycles. The van der Waals surface area contributed by atoms with Gasteiger partial charge in [-0.15, -0.1) is 0 Å². The Labute approximate surface area is 116 Å². The molecule has 1 aromatic carbocycles. The molecule has 0 radical (unpaired) electrons. The van der Waals surface area contributed by atoms with Crippen molar-refractivity contribution in [2.24, 2.45) is 0 Å². The fourth-order valence-corrected chi connectivity index (χ4v) is 1.66. The van der Waals surface area contributed by atoms with Gasteiger partial charge in [0, 0.05) is 6.04 Å². The van der Waals surface area contributed by atoms with Gasteiger partial charge in [-0.05, 0) is 37.6 Å². The first-order valence-corrected chi connectivity index (χ1v) is 6.56. The first-order chi connectivity index (χ1) is 9.33. The van der Waals surface area contributed by atoms with E-state index in [4.69, 9.17) is 4.74 Å². The molecule has 0 spiro atoms. The minimum Gasteiger partial charge on any atom is -0.490 e. The van der Waals surface area contributed by atoms with Crippen molar-refractivity contribution in [3.8, 4) is 5.75 Å². The van der Waals surface area contributed by atoms with Crippen LogP contribution in [0.15, 0.2) is 18.2 Å². The van der Waals surface area contributed by atoms with Gasteiger partial charge in [0.25, 0.3) is 0 Å². The zero-order chi connectivity index (χ0) is 15.2. The van der Waals surface area contributed by atoms with Gasteiger partial charge in [0.15, 0.2) is 11.6 Å². The number of nitrogens with one attached hydrogen (secondary N) is 1. The SMILES string of the molecule is CCCNC(C)c1ccc(OCCC(F)(F)F)c(F)c1. The first kappa shape index (κ1) is 16.8. The Hall–Kier alpha value is -1.30. The smallest absolute Gasteiger partial charge is 0.392 e. The van der Waals surface area contributed by atoms with E-state index in [0.717, 1.165) is 18.5 Å². The molecule has 0 amide bonds. The van der Waals surface area contributed by atoms with Crippen LogP contribution in [-0.2, 0) is 0 Å². The van der Waals surface area contributed by atoms with Crippen LogP contribution < -0.4 is 10.1 Å². The van der Waals surface area contributed by atoms with Gasteiger partial charge in [0.05, 0.1) is 13.0 Å². The summed E-state index contributed by atoms with van der Waals surface area (Å²) in [7, 11) is 0. The zero-order valence-electron chi connectivity index (χ0n) is 11.6. The van der Waals surface area contributed by atoms with E-state index in [9.17, 15) is 17.6 Å². The molecule has 0 saturated carbocycles. The normalized spacial score (nSPS) is 13.3. The summed E-state index contributed by atoms with van der Waals surface area (Å²) in [5, 5.41) is 3.20. The quantitative estimate of drug-likeness (QED) is 0.760. The summed E-state index contributed by atoms with van der Waals surface area (Å²) in [5.41, 5.74) is 0.735. The Bertz CT molecular complexity index is 420. The summed E-state index contributed by atoms with van der Waals surface area (Å²) in [6.45, 7) is 4.16. The first-order valence-electron chi connectivity index (χ1n) is 6.56. The third-order valence-electron chi connectivity index (χ3n) is 2.80. The molecule has 6 heteroatoms. The highest BCUT2D eigenvalue weighted by Crippen LogP contribution is 2.24. The second kappa shape index (κ2) is 7.47. The van der Waals surface area contributed by atoms with E-state index in [2.05, 4.69) is 5.32 Å². The van der Waals surface area contributed by atoms with Gasteiger partial charge >= 0.3 is 6.18 Å². The minimum absolute atomic E-state index is 0.0197. The van der Waals surface area contributed by atoms with Gasteiger partial charge in [-0.3, -0.25) is 0 Å². The van der Waals surface area contributed by atoms with Crippen LogP contribution in [0.1, 0.15) is 38.3 Å². The van der Waals surface area contributed by atoms with Gasteiger partial charge in [0.2, 0.25) is 0 Å². The van der Waals surface area contributed by atoms with Gasteiger partial charge in [0.1, 0.15) is 0 Å². The Morgan fingerprint density at radius 2 is 2.00 bits per heavy atom. The summed E-state index contributed by atoms with van der Waals surface area (Å²) in [6.07, 6.45) is -4.43. The van der Waals surface area contributed by atoms with Crippen LogP contribution in [0.4, 0.5) is 17.6 Å². The molecule has 0 saturated heterocycles. The molecule has 1 unspecified atom stereocenters. The third-order valence-corrected chi connectivity index (χ3v) is 2.80. The summed E-state index contributed by atoms with van der Waals surface area (Å²) in [5.74, 6) is -0.796. The Morgan fingerprint density at radius 1 is 1.30 bits per heavy atom. The molecule has 1 N–H and O–H groups in total. The van der Waals surface area contributed by atoms with Crippen LogP contribution in [-0.4, -0.2) is 19.3 Å². The highest BCUT2D eigenvalue weighted by atomic mass is 19.4. The van der Waals surface area contributed by atoms with Crippen molar-refractivity contribution in [2.75, 3.05) is 13.2 Å². The Balaban J connectivity index is 2.59. The van der Waals surface area contributed by atoms with Crippen LogP contribution in [0, 0.1) is 5.82 Å². The van der Waals surface area contributed by atoms with E-state index >= 15 is 0 Å². The largest absolute Gasteiger partial charge is 0.490 e. The molecule has 0 fully saturated rings. The number of hydrogen-bond acceptors (Lipinski definition) is 2. The molecule has 20 heavy (non-hydrogen) atoms. The number of ether oxygens (including phenoxy) is 1. The lowest BCUT2D eigenvalue weighted by atomic mass is 10.1. The number of halogens is 4. The Morgan fingerprint density at radius 3 is 2.55 bits per heavy atom. The lowest BCUT2D eigenvalue weighted by molar-refractivity contribution is -0.139. The van der Waals surface area contributed by atoms with Crippen LogP contribution in [0.25, 0.3) is 0 Å². The molecule has 0 bridgehead atoms. The van der Waals surface area contributed by atoms with Crippen LogP contribution in [0.3, 0.4) is 0 Å². The van der Waals surface area contributed by atoms with Crippen molar-refractivity contribution in [3.05, 3.63) is 29.6 Å². The maximum atomic E-state index is 13.7. The average molecular weight is 293 g/mol. The average Bonchev–Trinajstić information content (AvgIpc) is 2.36. The molecular formula is C14H19F4NO. The third kappa shape index (κ3) is 5.77. The second-order valence-corrected chi connectivity index (χ2v) is 4.58. The zero-order valence-corrected chi connectivity index (χ0v) is 11.6. The van der Waals surface area contributed by atoms with Crippen LogP contribution >= 0.6 is 0 Å². The van der Waals surface area contributed by atoms with E-state index < -0.39 is 25.0 Å². The standard InChI is InChI=1S/C14H19F4NO/c1-3-7-19-10(2)11-4-5-13(12(15)9-11)20-8-6-14(16,17)18/h4-5,9-10,19H,3,6-8H2,1-2H3. The molecule has 1 atom stereocenters. The molecule has 114 valence electrons. The topological polar surface area (TPSA) is 21.3 Å². The Kier molecular flexibility index (Phi) is 6.26. The van der Waals surface area contributed by atoms with E-state index in [1.54, 1.807) is 6.07 Å². The molecule has 1 rings (SSSR count). The molecule has 2 nitrogen and oxygen atoms in total. The van der Waals surface area contributed by atoms with Gasteiger partial charge in [-0.1, -0.05) is 13.0 Å². The van der Waals surface area contributed by atoms with Crippen molar-refractivity contribution < 1.29 is 22.3 Å². The van der Waals surface area contributed by atoms with E-state index in [1.807, 2.05) is 13.8 Å². The van der Waals surface area contributed by atoms with Crippen molar-refractivity contribution in [1.82, 2.24) is 5.32 Å². The number of alkyl halides is 3. The molecule has 0 aromatic heterocycles. The molecule has 0 aliphatic heterocycles. The van der Waals surface area contributed by atoms with Gasteiger partial charge < -0.3 is 10.1 Å². The molecule has 1 aromatic rings. The molecule has 0 aliphatic carbocycles. The second-order valence-electron chi connectivity index (χ2n) is 4.58. The van der Waals surface area contributed by atoms with Gasteiger partial charge in [-0.25, -0.2) is 4.39 Å². The fourth-order valence-electron chi connectivity index (χ4n) is 1.66. The lowest BCUT2D eigenvalue weighted by Gasteiger charge is -2.15. The number of benzene rings is 1. The predicted octanol–water partition coefficient (Wildman–Crippen LogP) is 4.22. The summed E-state index contributed by atoms with van der Waals surface area (Å²) >= 11 is 0. The monoisotopic (exact) mass is 293 g/mol.